The van der Waals surface area contributed by atoms with Gasteiger partial charge in [-0.1, -0.05) is 0 Å². The van der Waals surface area contributed by atoms with Gasteiger partial charge in [0.2, 0.25) is 0 Å². The molecule has 5 rings (SSSR count). The van der Waals surface area contributed by atoms with Crippen molar-refractivity contribution in [1.82, 2.24) is 9.88 Å². The van der Waals surface area contributed by atoms with Gasteiger partial charge in [-0.05, 0) is 34.5 Å². The number of alkyl halides is 3. The summed E-state index contributed by atoms with van der Waals surface area (Å²) in [4.78, 5) is 18.4. The summed E-state index contributed by atoms with van der Waals surface area (Å²) in [5.41, 5.74) is 0.0992. The first-order chi connectivity index (χ1) is 11.7. The molecule has 134 valence electrons. The first kappa shape index (κ1) is 16.3. The summed E-state index contributed by atoms with van der Waals surface area (Å²) in [6, 6.07) is 2.36. The Morgan fingerprint density at radius 2 is 2.04 bits per heavy atom. The number of halogens is 4. The number of benzene rings is 1. The molecule has 3 aliphatic rings. The third-order valence-electron chi connectivity index (χ3n) is 4.36. The number of carbonyl (C=O) groups is 1. The van der Waals surface area contributed by atoms with Crippen LogP contribution in [0.5, 0.6) is 5.75 Å². The smallest absolute Gasteiger partial charge is 0.465 e. The largest absolute Gasteiger partial charge is 0.573 e. The van der Waals surface area contributed by atoms with Crippen molar-refractivity contribution in [2.45, 2.75) is 24.9 Å². The second kappa shape index (κ2) is 5.41. The molecular formula is C14H11BrF3N3O4. The Bertz CT molecular complexity index is 844. The van der Waals surface area contributed by atoms with Gasteiger partial charge in [0.1, 0.15) is 0 Å². The lowest BCUT2D eigenvalue weighted by molar-refractivity contribution is -0.274. The Morgan fingerprint density at radius 1 is 1.36 bits per heavy atom. The normalized spacial score (nSPS) is 22.9. The minimum Gasteiger partial charge on any atom is -0.465 e. The van der Waals surface area contributed by atoms with Crippen LogP contribution in [0.3, 0.4) is 0 Å². The van der Waals surface area contributed by atoms with Gasteiger partial charge in [0.25, 0.3) is 6.01 Å². The first-order valence-corrected chi connectivity index (χ1v) is 8.13. The van der Waals surface area contributed by atoms with Gasteiger partial charge in [-0.2, -0.15) is 4.98 Å². The second-order valence-electron chi connectivity index (χ2n) is 5.91. The van der Waals surface area contributed by atoms with Crippen molar-refractivity contribution in [3.05, 3.63) is 16.6 Å². The summed E-state index contributed by atoms with van der Waals surface area (Å²) >= 11 is 3.22. The van der Waals surface area contributed by atoms with Crippen molar-refractivity contribution in [3.8, 4) is 5.75 Å². The number of anilines is 1. The SMILES string of the molecule is O=C(O)N1C2CC1CN(c1nc3c(OC(F)(F)F)ccc(Br)c3o1)C2. The molecule has 3 saturated heterocycles. The number of amides is 1. The second-order valence-corrected chi connectivity index (χ2v) is 6.76. The van der Waals surface area contributed by atoms with Gasteiger partial charge in [-0.25, -0.2) is 4.79 Å². The highest BCUT2D eigenvalue weighted by atomic mass is 79.9. The van der Waals surface area contributed by atoms with Crippen molar-refractivity contribution < 1.29 is 32.2 Å². The Balaban J connectivity index is 1.65. The van der Waals surface area contributed by atoms with Gasteiger partial charge in [0.05, 0.1) is 16.6 Å². The van der Waals surface area contributed by atoms with Gasteiger partial charge < -0.3 is 19.2 Å². The molecule has 2 unspecified atom stereocenters. The lowest BCUT2D eigenvalue weighted by atomic mass is 9.88. The van der Waals surface area contributed by atoms with Crippen LogP contribution in [0.4, 0.5) is 24.0 Å². The van der Waals surface area contributed by atoms with E-state index >= 15 is 0 Å². The van der Waals surface area contributed by atoms with Crippen LogP contribution >= 0.6 is 15.9 Å². The zero-order chi connectivity index (χ0) is 17.9. The van der Waals surface area contributed by atoms with Crippen molar-refractivity contribution >= 4 is 39.1 Å². The quantitative estimate of drug-likeness (QED) is 0.799. The molecule has 7 nitrogen and oxygen atoms in total. The minimum absolute atomic E-state index is 0.0453. The lowest BCUT2D eigenvalue weighted by Crippen LogP contribution is -2.70. The number of aromatic nitrogens is 1. The Kier molecular flexibility index (Phi) is 3.53. The zero-order valence-electron chi connectivity index (χ0n) is 12.5. The summed E-state index contributed by atoms with van der Waals surface area (Å²) in [5, 5.41) is 9.13. The van der Waals surface area contributed by atoms with Crippen LogP contribution in [0, 0.1) is 0 Å². The summed E-state index contributed by atoms with van der Waals surface area (Å²) in [6.07, 6.45) is -5.05. The molecule has 0 radical (unpaired) electrons. The fourth-order valence-electron chi connectivity index (χ4n) is 3.36. The third kappa shape index (κ3) is 2.75. The van der Waals surface area contributed by atoms with E-state index in [2.05, 4.69) is 25.7 Å². The van der Waals surface area contributed by atoms with E-state index in [0.29, 0.717) is 17.6 Å². The molecule has 1 aromatic heterocycles. The van der Waals surface area contributed by atoms with Crippen molar-refractivity contribution in [2.24, 2.45) is 0 Å². The average Bonchev–Trinajstić information content (AvgIpc) is 2.95. The van der Waals surface area contributed by atoms with E-state index in [0.717, 1.165) is 12.5 Å². The molecule has 0 aliphatic carbocycles. The zero-order valence-corrected chi connectivity index (χ0v) is 14.0. The molecule has 1 amide bonds. The molecule has 3 aliphatic heterocycles. The number of carboxylic acid groups (broad SMARTS) is 1. The van der Waals surface area contributed by atoms with Crippen LogP contribution < -0.4 is 9.64 Å². The van der Waals surface area contributed by atoms with E-state index in [1.807, 2.05) is 0 Å². The van der Waals surface area contributed by atoms with Crippen LogP contribution in [-0.2, 0) is 0 Å². The highest BCUT2D eigenvalue weighted by Crippen LogP contribution is 2.39. The maximum Gasteiger partial charge on any atom is 0.573 e. The van der Waals surface area contributed by atoms with Crippen LogP contribution in [0.1, 0.15) is 6.42 Å². The van der Waals surface area contributed by atoms with E-state index in [1.165, 1.54) is 11.0 Å². The van der Waals surface area contributed by atoms with Gasteiger partial charge in [0, 0.05) is 13.1 Å². The molecule has 2 atom stereocenters. The van der Waals surface area contributed by atoms with E-state index in [9.17, 15) is 18.0 Å². The van der Waals surface area contributed by atoms with Crippen LogP contribution in [0.25, 0.3) is 11.1 Å². The summed E-state index contributed by atoms with van der Waals surface area (Å²) in [7, 11) is 0. The summed E-state index contributed by atoms with van der Waals surface area (Å²) < 4.78 is 47.7. The standard InChI is InChI=1S/C14H11BrF3N3O4/c15-8-1-2-9(25-14(16,17)18)10-11(8)24-12(19-10)20-4-6-3-7(5-20)21(6)13(22)23/h1-2,6-7H,3-5H2,(H,22,23). The van der Waals surface area contributed by atoms with Crippen LogP contribution in [0.15, 0.2) is 21.0 Å². The van der Waals surface area contributed by atoms with Crippen LogP contribution in [-0.4, -0.2) is 52.6 Å². The topological polar surface area (TPSA) is 79.0 Å². The maximum atomic E-state index is 12.5. The monoisotopic (exact) mass is 421 g/mol. The molecule has 2 aromatic rings. The fourth-order valence-corrected chi connectivity index (χ4v) is 3.76. The first-order valence-electron chi connectivity index (χ1n) is 7.34. The van der Waals surface area contributed by atoms with E-state index in [1.54, 1.807) is 4.90 Å². The number of hydrogen-bond donors (Lipinski definition) is 1. The molecule has 11 heteroatoms. The highest BCUT2D eigenvalue weighted by Gasteiger charge is 2.48. The molecule has 1 N–H and O–H groups in total. The predicted molar refractivity (Wildman–Crippen MR) is 82.7 cm³/mol. The predicted octanol–water partition coefficient (Wildman–Crippen LogP) is 3.43. The van der Waals surface area contributed by atoms with Gasteiger partial charge >= 0.3 is 12.5 Å². The van der Waals surface area contributed by atoms with E-state index < -0.39 is 18.2 Å². The number of rotatable bonds is 2. The number of hydrogen-bond acceptors (Lipinski definition) is 5. The number of oxazole rings is 1. The minimum atomic E-state index is -4.84. The number of piperidine rings is 1. The maximum absolute atomic E-state index is 12.5. The molecule has 2 bridgehead atoms. The Labute approximate surface area is 147 Å². The van der Waals surface area contributed by atoms with Crippen LogP contribution in [0.2, 0.25) is 0 Å². The highest BCUT2D eigenvalue weighted by molar-refractivity contribution is 9.10. The van der Waals surface area contributed by atoms with Crippen molar-refractivity contribution in [1.29, 1.82) is 0 Å². The number of piperazine rings is 1. The average molecular weight is 422 g/mol. The van der Waals surface area contributed by atoms with Gasteiger partial charge in [0.15, 0.2) is 16.8 Å². The Hall–Kier alpha value is -2.17. The number of fused-ring (bicyclic) bond motifs is 3. The van der Waals surface area contributed by atoms with Gasteiger partial charge in [-0.15, -0.1) is 13.2 Å². The number of nitrogens with zero attached hydrogens (tertiary/aromatic N) is 3. The molecular weight excluding hydrogens is 411 g/mol. The van der Waals surface area contributed by atoms with Crippen molar-refractivity contribution in [2.75, 3.05) is 18.0 Å². The fraction of sp³-hybridized carbons (Fsp3) is 0.429. The molecule has 1 aromatic carbocycles. The van der Waals surface area contributed by atoms with E-state index in [4.69, 9.17) is 9.52 Å². The Morgan fingerprint density at radius 3 is 2.64 bits per heavy atom. The molecule has 3 fully saturated rings. The number of ether oxygens (including phenoxy) is 1. The van der Waals surface area contributed by atoms with Crippen molar-refractivity contribution in [3.63, 3.8) is 0 Å². The molecule has 4 heterocycles. The van der Waals surface area contributed by atoms with Gasteiger partial charge in [-0.3, -0.25) is 4.90 Å². The van der Waals surface area contributed by atoms with E-state index in [-0.39, 0.29) is 29.2 Å². The third-order valence-corrected chi connectivity index (χ3v) is 4.98. The summed E-state index contributed by atoms with van der Waals surface area (Å²) in [6.45, 7) is 0.755. The lowest BCUT2D eigenvalue weighted by Gasteiger charge is -2.54. The summed E-state index contributed by atoms with van der Waals surface area (Å²) in [5.74, 6) is -0.449. The molecule has 0 saturated carbocycles. The molecule has 25 heavy (non-hydrogen) atoms. The molecule has 0 spiro atoms.